The molecule has 0 radical (unpaired) electrons. The molecule has 1 heterocycles. The van der Waals surface area contributed by atoms with Crippen molar-refractivity contribution >= 4 is 17.6 Å². The number of methoxy groups -OCH3 is 1. The van der Waals surface area contributed by atoms with E-state index in [1.165, 1.54) is 12.7 Å². The minimum Gasteiger partial charge on any atom is -0.465 e. The lowest BCUT2D eigenvalue weighted by atomic mass is 10.1. The Labute approximate surface area is 158 Å². The first-order valence-corrected chi connectivity index (χ1v) is 8.69. The molecule has 0 saturated heterocycles. The number of esters is 1. The molecule has 1 amide bonds. The fourth-order valence-corrected chi connectivity index (χ4v) is 2.69. The molecule has 0 bridgehead atoms. The van der Waals surface area contributed by atoms with Crippen molar-refractivity contribution in [2.75, 3.05) is 12.4 Å². The molecule has 0 spiro atoms. The number of carbonyl (C=O) groups is 2. The van der Waals surface area contributed by atoms with Gasteiger partial charge in [-0.1, -0.05) is 35.9 Å². The van der Waals surface area contributed by atoms with E-state index in [0.717, 1.165) is 17.1 Å². The van der Waals surface area contributed by atoms with Crippen LogP contribution in [0.25, 0.3) is 11.3 Å². The van der Waals surface area contributed by atoms with Crippen LogP contribution in [-0.2, 0) is 16.0 Å². The van der Waals surface area contributed by atoms with Crippen LogP contribution < -0.4 is 5.32 Å². The second-order valence-electron chi connectivity index (χ2n) is 6.25. The fraction of sp³-hybridized carbons (Fsp3) is 0.182. The minimum absolute atomic E-state index is 0.148. The third-order valence-corrected chi connectivity index (χ3v) is 4.16. The number of hydrogen-bond donors (Lipinski definition) is 1. The minimum atomic E-state index is -0.440. The highest BCUT2D eigenvalue weighted by Crippen LogP contribution is 2.23. The Bertz CT molecular complexity index is 941. The molecule has 0 aliphatic heterocycles. The highest BCUT2D eigenvalue weighted by molar-refractivity contribution is 5.94. The third kappa shape index (κ3) is 4.85. The summed E-state index contributed by atoms with van der Waals surface area (Å²) in [4.78, 5) is 23.7. The Morgan fingerprint density at radius 2 is 1.81 bits per heavy atom. The van der Waals surface area contributed by atoms with Crippen LogP contribution >= 0.6 is 0 Å². The Morgan fingerprint density at radius 3 is 2.56 bits per heavy atom. The summed E-state index contributed by atoms with van der Waals surface area (Å²) in [6.45, 7) is 2.04. The maximum atomic E-state index is 12.2. The largest absolute Gasteiger partial charge is 0.465 e. The first kappa shape index (κ1) is 18.5. The summed E-state index contributed by atoms with van der Waals surface area (Å²) in [5.41, 5.74) is 3.15. The van der Waals surface area contributed by atoms with E-state index in [1.54, 1.807) is 24.3 Å². The molecule has 1 N–H and O–H groups in total. The first-order valence-electron chi connectivity index (χ1n) is 8.69. The number of benzene rings is 2. The van der Waals surface area contributed by atoms with E-state index in [9.17, 15) is 9.59 Å². The van der Waals surface area contributed by atoms with Gasteiger partial charge in [0.1, 0.15) is 11.5 Å². The molecule has 3 aromatic rings. The summed E-state index contributed by atoms with van der Waals surface area (Å²) >= 11 is 0. The normalized spacial score (nSPS) is 10.4. The molecule has 138 valence electrons. The maximum absolute atomic E-state index is 12.2. The number of anilines is 1. The molecule has 1 aromatic heterocycles. The zero-order valence-electron chi connectivity index (χ0n) is 15.3. The van der Waals surface area contributed by atoms with Gasteiger partial charge >= 0.3 is 5.97 Å². The van der Waals surface area contributed by atoms with Crippen molar-refractivity contribution in [1.82, 2.24) is 0 Å². The number of hydrogen-bond acceptors (Lipinski definition) is 4. The van der Waals surface area contributed by atoms with Crippen molar-refractivity contribution in [1.29, 1.82) is 0 Å². The maximum Gasteiger partial charge on any atom is 0.337 e. The zero-order chi connectivity index (χ0) is 19.2. The van der Waals surface area contributed by atoms with Crippen LogP contribution in [0.5, 0.6) is 0 Å². The first-order chi connectivity index (χ1) is 13.0. The van der Waals surface area contributed by atoms with Gasteiger partial charge in [-0.15, -0.1) is 0 Å². The molecule has 5 heteroatoms. The number of rotatable bonds is 6. The van der Waals surface area contributed by atoms with Crippen molar-refractivity contribution in [2.45, 2.75) is 19.8 Å². The molecule has 0 saturated carbocycles. The van der Waals surface area contributed by atoms with Crippen molar-refractivity contribution < 1.29 is 18.7 Å². The number of carbonyl (C=O) groups excluding carboxylic acids is 2. The van der Waals surface area contributed by atoms with Crippen molar-refractivity contribution in [2.24, 2.45) is 0 Å². The van der Waals surface area contributed by atoms with Crippen LogP contribution in [0.15, 0.2) is 65.1 Å². The molecule has 0 unspecified atom stereocenters. The van der Waals surface area contributed by atoms with E-state index < -0.39 is 5.97 Å². The Balaban J connectivity index is 1.57. The van der Waals surface area contributed by atoms with E-state index in [0.29, 0.717) is 17.7 Å². The van der Waals surface area contributed by atoms with Crippen LogP contribution in [-0.4, -0.2) is 19.0 Å². The predicted octanol–water partition coefficient (Wildman–Crippen LogP) is 4.61. The Kier molecular flexibility index (Phi) is 5.71. The van der Waals surface area contributed by atoms with Gasteiger partial charge in [0.15, 0.2) is 0 Å². The average molecular weight is 363 g/mol. The molecule has 5 nitrogen and oxygen atoms in total. The van der Waals surface area contributed by atoms with Gasteiger partial charge in [0.2, 0.25) is 5.91 Å². The van der Waals surface area contributed by atoms with Gasteiger partial charge < -0.3 is 14.5 Å². The highest BCUT2D eigenvalue weighted by atomic mass is 16.5. The van der Waals surface area contributed by atoms with Gasteiger partial charge in [-0.2, -0.15) is 0 Å². The van der Waals surface area contributed by atoms with E-state index in [-0.39, 0.29) is 12.3 Å². The molecule has 3 rings (SSSR count). The smallest absolute Gasteiger partial charge is 0.337 e. The van der Waals surface area contributed by atoms with Crippen LogP contribution in [0.1, 0.15) is 28.1 Å². The van der Waals surface area contributed by atoms with Gasteiger partial charge in [-0.25, -0.2) is 4.79 Å². The van der Waals surface area contributed by atoms with Crippen LogP contribution in [0, 0.1) is 6.92 Å². The number of aryl methyl sites for hydroxylation is 2. The number of furan rings is 1. The predicted molar refractivity (Wildman–Crippen MR) is 104 cm³/mol. The van der Waals surface area contributed by atoms with Crippen molar-refractivity contribution in [3.05, 3.63) is 77.6 Å². The summed E-state index contributed by atoms with van der Waals surface area (Å²) < 4.78 is 10.5. The highest BCUT2D eigenvalue weighted by Gasteiger charge is 2.10. The molecule has 27 heavy (non-hydrogen) atoms. The number of ether oxygens (including phenoxy) is 1. The summed E-state index contributed by atoms with van der Waals surface area (Å²) in [6.07, 6.45) is 0.775. The van der Waals surface area contributed by atoms with Crippen LogP contribution in [0.4, 0.5) is 5.69 Å². The lowest BCUT2D eigenvalue weighted by molar-refractivity contribution is -0.116. The fourth-order valence-electron chi connectivity index (χ4n) is 2.69. The molecule has 0 aliphatic rings. The summed E-state index contributed by atoms with van der Waals surface area (Å²) in [6, 6.07) is 18.6. The molecule has 0 fully saturated rings. The van der Waals surface area contributed by atoms with Crippen molar-refractivity contribution in [3.8, 4) is 11.3 Å². The average Bonchev–Trinajstić information content (AvgIpc) is 3.15. The van der Waals surface area contributed by atoms with E-state index in [2.05, 4.69) is 10.1 Å². The van der Waals surface area contributed by atoms with E-state index in [4.69, 9.17) is 4.42 Å². The zero-order valence-corrected chi connectivity index (χ0v) is 15.3. The number of amides is 1. The van der Waals surface area contributed by atoms with Crippen LogP contribution in [0.2, 0.25) is 0 Å². The lowest BCUT2D eigenvalue weighted by Crippen LogP contribution is -2.12. The van der Waals surface area contributed by atoms with Gasteiger partial charge in [-0.05, 0) is 37.3 Å². The van der Waals surface area contributed by atoms with Crippen molar-refractivity contribution in [3.63, 3.8) is 0 Å². The quantitative estimate of drug-likeness (QED) is 0.649. The molecular formula is C22H21NO4. The molecular weight excluding hydrogens is 342 g/mol. The molecule has 0 atom stereocenters. The number of nitrogens with one attached hydrogen (secondary N) is 1. The third-order valence-electron chi connectivity index (χ3n) is 4.16. The molecule has 2 aromatic carbocycles. The summed E-state index contributed by atoms with van der Waals surface area (Å²) in [5, 5.41) is 2.79. The van der Waals surface area contributed by atoms with Gasteiger partial charge in [0.05, 0.1) is 12.7 Å². The van der Waals surface area contributed by atoms with Gasteiger partial charge in [0.25, 0.3) is 0 Å². The second-order valence-corrected chi connectivity index (χ2v) is 6.25. The lowest BCUT2D eigenvalue weighted by Gasteiger charge is -2.06. The SMILES string of the molecule is COC(=O)c1cccc(NC(=O)CCc2ccc(-c3ccc(C)cc3)o2)c1. The monoisotopic (exact) mass is 363 g/mol. The van der Waals surface area contributed by atoms with Gasteiger partial charge in [-0.3, -0.25) is 4.79 Å². The Hall–Kier alpha value is -3.34. The Morgan fingerprint density at radius 1 is 1.04 bits per heavy atom. The standard InChI is InChI=1S/C22H21NO4/c1-15-6-8-16(9-7-15)20-12-10-19(27-20)11-13-21(24)23-18-5-3-4-17(14-18)22(25)26-2/h3-10,12,14H,11,13H2,1-2H3,(H,23,24). The summed E-state index contributed by atoms with van der Waals surface area (Å²) in [5.74, 6) is 0.954. The summed E-state index contributed by atoms with van der Waals surface area (Å²) in [7, 11) is 1.32. The van der Waals surface area contributed by atoms with E-state index in [1.807, 2.05) is 43.3 Å². The molecule has 0 aliphatic carbocycles. The van der Waals surface area contributed by atoms with E-state index >= 15 is 0 Å². The second kappa shape index (κ2) is 8.36. The van der Waals surface area contributed by atoms with Gasteiger partial charge in [0, 0.05) is 24.1 Å². The van der Waals surface area contributed by atoms with Crippen LogP contribution in [0.3, 0.4) is 0 Å². The topological polar surface area (TPSA) is 68.5 Å².